The zero-order valence-corrected chi connectivity index (χ0v) is 13.0. The topological polar surface area (TPSA) is 58.6 Å². The second kappa shape index (κ2) is 9.00. The Bertz CT molecular complexity index is 474. The third-order valence-corrected chi connectivity index (χ3v) is 3.13. The van der Waals surface area contributed by atoms with E-state index in [1.54, 1.807) is 0 Å². The van der Waals surface area contributed by atoms with Gasteiger partial charge >= 0.3 is 5.97 Å². The van der Waals surface area contributed by atoms with Gasteiger partial charge in [0.15, 0.2) is 0 Å². The van der Waals surface area contributed by atoms with Gasteiger partial charge in [0.25, 0.3) is 0 Å². The molecular formula is C16H24N2O3. The van der Waals surface area contributed by atoms with Crippen LogP contribution in [0.5, 0.6) is 0 Å². The van der Waals surface area contributed by atoms with E-state index in [4.69, 9.17) is 4.74 Å². The van der Waals surface area contributed by atoms with Crippen molar-refractivity contribution < 1.29 is 14.3 Å². The fourth-order valence-corrected chi connectivity index (χ4v) is 2.03. The number of esters is 1. The van der Waals surface area contributed by atoms with E-state index in [9.17, 15) is 9.59 Å². The molecule has 0 heterocycles. The summed E-state index contributed by atoms with van der Waals surface area (Å²) in [5.74, 6) is -0.309. The lowest BCUT2D eigenvalue weighted by Gasteiger charge is -2.25. The molecule has 5 nitrogen and oxygen atoms in total. The summed E-state index contributed by atoms with van der Waals surface area (Å²) in [6, 6.07) is 7.66. The average molecular weight is 292 g/mol. The van der Waals surface area contributed by atoms with E-state index in [0.717, 1.165) is 30.8 Å². The van der Waals surface area contributed by atoms with Crippen molar-refractivity contribution >= 4 is 23.3 Å². The van der Waals surface area contributed by atoms with Gasteiger partial charge in [0.05, 0.1) is 13.5 Å². The molecule has 0 unspecified atom stereocenters. The van der Waals surface area contributed by atoms with Crippen LogP contribution in [-0.4, -0.2) is 32.1 Å². The summed E-state index contributed by atoms with van der Waals surface area (Å²) in [5.41, 5.74) is 1.76. The lowest BCUT2D eigenvalue weighted by atomic mass is 10.2. The summed E-state index contributed by atoms with van der Waals surface area (Å²) in [4.78, 5) is 24.6. The first-order chi connectivity index (χ1) is 10.1. The highest BCUT2D eigenvalue weighted by molar-refractivity contribution is 5.89. The molecule has 1 aromatic rings. The Labute approximate surface area is 126 Å². The molecule has 0 fully saturated rings. The highest BCUT2D eigenvalue weighted by Crippen LogP contribution is 2.20. The normalized spacial score (nSPS) is 10.0. The molecule has 1 aromatic carbocycles. The lowest BCUT2D eigenvalue weighted by Crippen LogP contribution is -2.27. The van der Waals surface area contributed by atoms with Crippen molar-refractivity contribution in [3.05, 3.63) is 24.3 Å². The van der Waals surface area contributed by atoms with Crippen molar-refractivity contribution in [2.75, 3.05) is 30.4 Å². The zero-order chi connectivity index (χ0) is 15.7. The molecule has 1 amide bonds. The fourth-order valence-electron chi connectivity index (χ4n) is 2.03. The van der Waals surface area contributed by atoms with Gasteiger partial charge in [-0.05, 0) is 24.6 Å². The first-order valence-corrected chi connectivity index (χ1v) is 7.26. The van der Waals surface area contributed by atoms with Crippen LogP contribution in [0.25, 0.3) is 0 Å². The number of anilines is 2. The molecule has 5 heteroatoms. The van der Waals surface area contributed by atoms with Gasteiger partial charge in [-0.3, -0.25) is 9.59 Å². The number of rotatable bonds is 8. The van der Waals surface area contributed by atoms with E-state index in [-0.39, 0.29) is 11.9 Å². The van der Waals surface area contributed by atoms with Crippen LogP contribution in [0.4, 0.5) is 11.4 Å². The lowest BCUT2D eigenvalue weighted by molar-refractivity contribution is -0.140. The van der Waals surface area contributed by atoms with E-state index in [0.29, 0.717) is 13.0 Å². The zero-order valence-electron chi connectivity index (χ0n) is 13.0. The number of methoxy groups -OCH3 is 1. The van der Waals surface area contributed by atoms with Gasteiger partial charge in [0.1, 0.15) is 0 Å². The Morgan fingerprint density at radius 3 is 2.67 bits per heavy atom. The number of benzene rings is 1. The van der Waals surface area contributed by atoms with E-state index < -0.39 is 0 Å². The molecule has 0 atom stereocenters. The largest absolute Gasteiger partial charge is 0.469 e. The monoisotopic (exact) mass is 292 g/mol. The van der Waals surface area contributed by atoms with Gasteiger partial charge in [-0.2, -0.15) is 0 Å². The van der Waals surface area contributed by atoms with E-state index in [1.165, 1.54) is 14.0 Å². The van der Waals surface area contributed by atoms with Gasteiger partial charge in [0.2, 0.25) is 5.91 Å². The molecule has 0 aliphatic rings. The summed E-state index contributed by atoms with van der Waals surface area (Å²) >= 11 is 0. The van der Waals surface area contributed by atoms with E-state index in [1.807, 2.05) is 24.3 Å². The molecule has 0 bridgehead atoms. The number of nitrogens with one attached hydrogen (secondary N) is 1. The standard InChI is InChI=1S/C16H24N2O3/c1-4-5-10-18(11-9-16(20)21-3)15-8-6-7-14(12-15)17-13(2)19/h6-8,12H,4-5,9-11H2,1-3H3,(H,17,19). The molecule has 0 aliphatic heterocycles. The molecule has 0 aliphatic carbocycles. The van der Waals surface area contributed by atoms with Crippen molar-refractivity contribution in [3.8, 4) is 0 Å². The second-order valence-electron chi connectivity index (χ2n) is 4.90. The predicted octanol–water partition coefficient (Wildman–Crippen LogP) is 2.81. The van der Waals surface area contributed by atoms with Crippen molar-refractivity contribution in [2.45, 2.75) is 33.1 Å². The van der Waals surface area contributed by atoms with Crippen LogP contribution >= 0.6 is 0 Å². The first kappa shape index (κ1) is 17.0. The molecular weight excluding hydrogens is 268 g/mol. The van der Waals surface area contributed by atoms with E-state index in [2.05, 4.69) is 17.1 Å². The summed E-state index contributed by atoms with van der Waals surface area (Å²) < 4.78 is 4.69. The summed E-state index contributed by atoms with van der Waals surface area (Å²) in [6.07, 6.45) is 2.48. The van der Waals surface area contributed by atoms with Gasteiger partial charge < -0.3 is 15.0 Å². The third-order valence-electron chi connectivity index (χ3n) is 3.13. The Hall–Kier alpha value is -2.04. The Morgan fingerprint density at radius 1 is 1.29 bits per heavy atom. The Kier molecular flexibility index (Phi) is 7.29. The molecule has 0 saturated heterocycles. The number of unbranched alkanes of at least 4 members (excludes halogenated alkanes) is 1. The van der Waals surface area contributed by atoms with Gasteiger partial charge in [-0.15, -0.1) is 0 Å². The fraction of sp³-hybridized carbons (Fsp3) is 0.500. The number of hydrogen-bond donors (Lipinski definition) is 1. The Morgan fingerprint density at radius 2 is 2.05 bits per heavy atom. The van der Waals surface area contributed by atoms with Gasteiger partial charge in [-0.1, -0.05) is 19.4 Å². The van der Waals surface area contributed by atoms with Crippen LogP contribution < -0.4 is 10.2 Å². The van der Waals surface area contributed by atoms with Crippen LogP contribution in [0.3, 0.4) is 0 Å². The number of amides is 1. The van der Waals surface area contributed by atoms with E-state index >= 15 is 0 Å². The second-order valence-corrected chi connectivity index (χ2v) is 4.90. The van der Waals surface area contributed by atoms with Crippen LogP contribution in [0.1, 0.15) is 33.1 Å². The Balaban J connectivity index is 2.80. The number of nitrogens with zero attached hydrogens (tertiary/aromatic N) is 1. The SMILES string of the molecule is CCCCN(CCC(=O)OC)c1cccc(NC(C)=O)c1. The minimum atomic E-state index is -0.213. The molecule has 116 valence electrons. The minimum absolute atomic E-state index is 0.0955. The number of hydrogen-bond acceptors (Lipinski definition) is 4. The highest BCUT2D eigenvalue weighted by Gasteiger charge is 2.10. The molecule has 1 rings (SSSR count). The number of carbonyl (C=O) groups is 2. The molecule has 0 spiro atoms. The van der Waals surface area contributed by atoms with Crippen LogP contribution in [0, 0.1) is 0 Å². The minimum Gasteiger partial charge on any atom is -0.469 e. The van der Waals surface area contributed by atoms with Crippen molar-refractivity contribution in [2.24, 2.45) is 0 Å². The highest BCUT2D eigenvalue weighted by atomic mass is 16.5. The molecule has 1 N–H and O–H groups in total. The van der Waals surface area contributed by atoms with Crippen LogP contribution in [0.2, 0.25) is 0 Å². The molecule has 21 heavy (non-hydrogen) atoms. The maximum absolute atomic E-state index is 11.3. The maximum Gasteiger partial charge on any atom is 0.307 e. The van der Waals surface area contributed by atoms with Crippen LogP contribution in [0.15, 0.2) is 24.3 Å². The third kappa shape index (κ3) is 6.29. The molecule has 0 aromatic heterocycles. The van der Waals surface area contributed by atoms with Crippen molar-refractivity contribution in [1.29, 1.82) is 0 Å². The summed E-state index contributed by atoms with van der Waals surface area (Å²) in [5, 5.41) is 2.77. The quantitative estimate of drug-likeness (QED) is 0.749. The summed E-state index contributed by atoms with van der Waals surface area (Å²) in [6.45, 7) is 5.10. The number of ether oxygens (including phenoxy) is 1. The van der Waals surface area contributed by atoms with Crippen LogP contribution in [-0.2, 0) is 14.3 Å². The maximum atomic E-state index is 11.3. The predicted molar refractivity (Wildman–Crippen MR) is 84.5 cm³/mol. The van der Waals surface area contributed by atoms with Gasteiger partial charge in [-0.25, -0.2) is 0 Å². The van der Waals surface area contributed by atoms with Gasteiger partial charge in [0, 0.05) is 31.4 Å². The van der Waals surface area contributed by atoms with Crippen molar-refractivity contribution in [1.82, 2.24) is 0 Å². The number of carbonyl (C=O) groups excluding carboxylic acids is 2. The smallest absolute Gasteiger partial charge is 0.307 e. The molecule has 0 radical (unpaired) electrons. The average Bonchev–Trinajstić information content (AvgIpc) is 2.46. The van der Waals surface area contributed by atoms with Crippen molar-refractivity contribution in [3.63, 3.8) is 0 Å². The first-order valence-electron chi connectivity index (χ1n) is 7.26. The molecule has 0 saturated carbocycles. The summed E-state index contributed by atoms with van der Waals surface area (Å²) in [7, 11) is 1.40.